The fourth-order valence-corrected chi connectivity index (χ4v) is 6.72. The molecule has 1 unspecified atom stereocenters. The number of amides is 2. The van der Waals surface area contributed by atoms with Crippen LogP contribution in [0.5, 0.6) is 0 Å². The van der Waals surface area contributed by atoms with Gasteiger partial charge in [-0.05, 0) is 11.4 Å². The third-order valence-electron chi connectivity index (χ3n) is 5.55. The summed E-state index contributed by atoms with van der Waals surface area (Å²) in [4.78, 5) is 47.9. The van der Waals surface area contributed by atoms with Crippen molar-refractivity contribution in [3.05, 3.63) is 52.1 Å². The molecule has 1 fully saturated rings. The predicted molar refractivity (Wildman–Crippen MR) is 129 cm³/mol. The number of carboxylic acids is 1. The molecule has 3 N–H and O–H groups in total. The van der Waals surface area contributed by atoms with Crippen molar-refractivity contribution < 1.29 is 28.9 Å². The second-order valence-corrected chi connectivity index (χ2v) is 10.5. The Morgan fingerprint density at radius 3 is 2.94 bits per heavy atom. The number of pyridine rings is 1. The minimum Gasteiger partial charge on any atom is -0.543 e. The summed E-state index contributed by atoms with van der Waals surface area (Å²) in [7, 11) is 1.28. The van der Waals surface area contributed by atoms with E-state index < -0.39 is 29.2 Å². The van der Waals surface area contributed by atoms with E-state index in [1.165, 1.54) is 23.8 Å². The van der Waals surface area contributed by atoms with Gasteiger partial charge >= 0.3 is 0 Å². The molecule has 0 aliphatic carbocycles. The molecule has 3 aromatic rings. The summed E-state index contributed by atoms with van der Waals surface area (Å²) >= 11 is 4.09. The first-order valence-corrected chi connectivity index (χ1v) is 13.1. The second-order valence-electron chi connectivity index (χ2n) is 7.60. The van der Waals surface area contributed by atoms with Crippen molar-refractivity contribution >= 4 is 73.3 Å². The smallest absolute Gasteiger partial charge is 0.276 e. The number of nitrogens with one attached hydrogen (secondary N) is 1. The molecule has 2 amide bonds. The van der Waals surface area contributed by atoms with Crippen molar-refractivity contribution in [2.45, 2.75) is 18.0 Å². The van der Waals surface area contributed by atoms with E-state index in [1.807, 2.05) is 34.3 Å². The monoisotopic (exact) mass is 530 g/mol. The highest BCUT2D eigenvalue weighted by atomic mass is 32.2. The lowest BCUT2D eigenvalue weighted by atomic mass is 10.0. The van der Waals surface area contributed by atoms with Crippen molar-refractivity contribution in [1.29, 1.82) is 0 Å². The largest absolute Gasteiger partial charge is 0.543 e. The van der Waals surface area contributed by atoms with Crippen LogP contribution in [0.1, 0.15) is 5.69 Å². The van der Waals surface area contributed by atoms with Gasteiger partial charge in [0.1, 0.15) is 24.2 Å². The number of carbonyl (C=O) groups is 3. The second kappa shape index (κ2) is 9.28. The third-order valence-corrected chi connectivity index (χ3v) is 8.43. The first-order chi connectivity index (χ1) is 16.9. The Hall–Kier alpha value is -3.49. The average molecular weight is 531 g/mol. The Labute approximate surface area is 210 Å². The predicted octanol–water partition coefficient (Wildman–Crippen LogP) is -0.318. The maximum absolute atomic E-state index is 13.0. The number of fused-ring (bicyclic) bond motifs is 2. The number of oxime groups is 1. The number of carboxylic acid groups (broad SMARTS) is 1. The number of β-lactam (4-membered cyclic amide) rings is 1. The zero-order valence-corrected chi connectivity index (χ0v) is 20.6. The molecule has 0 spiro atoms. The van der Waals surface area contributed by atoms with Crippen LogP contribution in [0.25, 0.3) is 10.2 Å². The fourth-order valence-electron chi connectivity index (χ4n) is 4.03. The van der Waals surface area contributed by atoms with E-state index >= 15 is 0 Å². The number of thiazole rings is 1. The van der Waals surface area contributed by atoms with Crippen LogP contribution in [0.2, 0.25) is 0 Å². The summed E-state index contributed by atoms with van der Waals surface area (Å²) in [6.45, 7) is 0.299. The number of nitrogens with zero attached hydrogens (tertiary/aromatic N) is 4. The Kier molecular flexibility index (Phi) is 6.17. The Morgan fingerprint density at radius 1 is 1.40 bits per heavy atom. The van der Waals surface area contributed by atoms with Gasteiger partial charge in [-0.25, -0.2) is 4.98 Å². The molecule has 35 heavy (non-hydrogen) atoms. The van der Waals surface area contributed by atoms with E-state index in [-0.39, 0.29) is 22.2 Å². The molecule has 3 aromatic heterocycles. The average Bonchev–Trinajstić information content (AvgIpc) is 3.49. The normalized spacial score (nSPS) is 20.0. The minimum atomic E-state index is -1.43. The number of thiophene rings is 1. The third kappa shape index (κ3) is 4.13. The summed E-state index contributed by atoms with van der Waals surface area (Å²) in [5, 5.41) is 21.6. The van der Waals surface area contributed by atoms with Crippen LogP contribution in [-0.2, 0) is 25.8 Å². The number of anilines is 1. The number of aliphatic carboxylic acids is 1. The Balaban J connectivity index is 1.38. The zero-order chi connectivity index (χ0) is 24.7. The minimum absolute atomic E-state index is 0.135. The number of thioether (sulfide) groups is 1. The van der Waals surface area contributed by atoms with Gasteiger partial charge in [0.25, 0.3) is 11.8 Å². The molecule has 11 nitrogen and oxygen atoms in total. The van der Waals surface area contributed by atoms with Gasteiger partial charge in [-0.3, -0.25) is 14.5 Å². The number of carbonyl (C=O) groups excluding carboxylic acids is 3. The molecule has 5 heterocycles. The van der Waals surface area contributed by atoms with Gasteiger partial charge in [0.05, 0.1) is 16.4 Å². The molecule has 2 aliphatic rings. The number of rotatable bonds is 7. The van der Waals surface area contributed by atoms with Crippen molar-refractivity contribution in [3.8, 4) is 0 Å². The number of hydrogen-bond donors (Lipinski definition) is 2. The molecule has 0 saturated carbocycles. The van der Waals surface area contributed by atoms with Gasteiger partial charge < -0.3 is 25.8 Å². The number of aromatic nitrogens is 2. The summed E-state index contributed by atoms with van der Waals surface area (Å²) in [5.74, 6) is -2.29. The highest BCUT2D eigenvalue weighted by Crippen LogP contribution is 2.40. The highest BCUT2D eigenvalue weighted by molar-refractivity contribution is 8.00. The van der Waals surface area contributed by atoms with Crippen molar-refractivity contribution in [1.82, 2.24) is 15.2 Å². The Bertz CT molecular complexity index is 1410. The number of nitrogens with two attached hydrogens (primary N) is 1. The maximum Gasteiger partial charge on any atom is 0.276 e. The molecule has 1 saturated heterocycles. The van der Waals surface area contributed by atoms with Crippen LogP contribution in [0.3, 0.4) is 0 Å². The molecule has 2 atom stereocenters. The maximum atomic E-state index is 13.0. The van der Waals surface area contributed by atoms with E-state index in [0.29, 0.717) is 17.9 Å². The SMILES string of the molecule is CON=C(C(=O)NC1C(=O)N2C(C(=O)[O-])=C(C[n+]3cccc4sccc43)CS[C@@H]12)c1csc(N)n1. The van der Waals surface area contributed by atoms with Crippen LogP contribution in [0.15, 0.2) is 51.6 Å². The van der Waals surface area contributed by atoms with E-state index in [4.69, 9.17) is 10.6 Å². The van der Waals surface area contributed by atoms with Crippen LogP contribution in [0.4, 0.5) is 5.13 Å². The van der Waals surface area contributed by atoms with E-state index in [0.717, 1.165) is 21.6 Å². The molecular formula is C21H18N6O5S3. The van der Waals surface area contributed by atoms with E-state index in [9.17, 15) is 19.5 Å². The molecular weight excluding hydrogens is 512 g/mol. The molecule has 0 bridgehead atoms. The van der Waals surface area contributed by atoms with Crippen LogP contribution < -0.4 is 20.7 Å². The molecule has 5 rings (SSSR count). The molecule has 0 radical (unpaired) electrons. The standard InChI is InChI=1S/C21H18N6O5S3/c1-32-25-14(11-9-35-21(22)23-11)17(28)24-15-18(29)27-16(20(30)31)10(8-34-19(15)27)7-26-5-2-3-13-12(26)4-6-33-13/h2-6,9,15,19H,7-8H2,1H3,(H3-,22,23,24,28,30,31)/t15?,19-/m0/s1. The highest BCUT2D eigenvalue weighted by Gasteiger charge is 2.53. The topological polar surface area (TPSA) is 154 Å². The van der Waals surface area contributed by atoms with Gasteiger partial charge in [-0.2, -0.15) is 4.57 Å². The number of hydrogen-bond acceptors (Lipinski definition) is 11. The zero-order valence-electron chi connectivity index (χ0n) is 18.2. The first-order valence-electron chi connectivity index (χ1n) is 10.3. The molecule has 0 aromatic carbocycles. The van der Waals surface area contributed by atoms with Gasteiger partial charge in [-0.1, -0.05) is 5.16 Å². The molecule has 2 aliphatic heterocycles. The fraction of sp³-hybridized carbons (Fsp3) is 0.238. The lowest BCUT2D eigenvalue weighted by Gasteiger charge is -2.50. The van der Waals surface area contributed by atoms with E-state index in [2.05, 4.69) is 15.5 Å². The van der Waals surface area contributed by atoms with Gasteiger partial charge in [-0.15, -0.1) is 34.4 Å². The summed E-state index contributed by atoms with van der Waals surface area (Å²) in [5.41, 5.74) is 7.11. The molecule has 180 valence electrons. The summed E-state index contributed by atoms with van der Waals surface area (Å²) in [6.07, 6.45) is 1.87. The first kappa shape index (κ1) is 23.3. The van der Waals surface area contributed by atoms with Crippen LogP contribution in [0, 0.1) is 0 Å². The Morgan fingerprint density at radius 2 is 2.23 bits per heavy atom. The lowest BCUT2D eigenvalue weighted by Crippen LogP contribution is -2.71. The molecule has 14 heteroatoms. The van der Waals surface area contributed by atoms with Gasteiger partial charge in [0, 0.05) is 28.8 Å². The quantitative estimate of drug-likeness (QED) is 0.182. The van der Waals surface area contributed by atoms with Crippen LogP contribution in [-0.4, -0.2) is 57.7 Å². The summed E-state index contributed by atoms with van der Waals surface area (Å²) < 4.78 is 3.02. The van der Waals surface area contributed by atoms with Crippen molar-refractivity contribution in [3.63, 3.8) is 0 Å². The number of nitrogen functional groups attached to an aromatic ring is 1. The van der Waals surface area contributed by atoms with Gasteiger partial charge in [0.15, 0.2) is 23.6 Å². The van der Waals surface area contributed by atoms with Crippen molar-refractivity contribution in [2.24, 2.45) is 5.16 Å². The van der Waals surface area contributed by atoms with E-state index in [1.54, 1.807) is 16.7 Å². The summed E-state index contributed by atoms with van der Waals surface area (Å²) in [6, 6.07) is 4.91. The van der Waals surface area contributed by atoms with Crippen molar-refractivity contribution in [2.75, 3.05) is 18.6 Å². The lowest BCUT2D eigenvalue weighted by molar-refractivity contribution is -0.663. The van der Waals surface area contributed by atoms with Crippen LogP contribution >= 0.6 is 34.4 Å². The van der Waals surface area contributed by atoms with Gasteiger partial charge in [0.2, 0.25) is 5.52 Å².